The molecular weight excluding hydrogens is 408 g/mol. The number of benzene rings is 2. The topological polar surface area (TPSA) is 119 Å². The van der Waals surface area contributed by atoms with Crippen molar-refractivity contribution in [2.75, 3.05) is 5.32 Å². The fourth-order valence-corrected chi connectivity index (χ4v) is 3.73. The number of fused-ring (bicyclic) bond motifs is 3. The Morgan fingerprint density at radius 1 is 1.16 bits per heavy atom. The van der Waals surface area contributed by atoms with Gasteiger partial charge in [-0.15, -0.1) is 0 Å². The molecule has 0 aliphatic heterocycles. The summed E-state index contributed by atoms with van der Waals surface area (Å²) in [5.74, 6) is 1.73. The highest BCUT2D eigenvalue weighted by molar-refractivity contribution is 6.01. The molecule has 0 bridgehead atoms. The van der Waals surface area contributed by atoms with Crippen molar-refractivity contribution in [3.63, 3.8) is 0 Å². The van der Waals surface area contributed by atoms with Gasteiger partial charge in [0, 0.05) is 22.6 Å². The Morgan fingerprint density at radius 2 is 1.97 bits per heavy atom. The van der Waals surface area contributed by atoms with E-state index in [-0.39, 0.29) is 18.0 Å². The van der Waals surface area contributed by atoms with E-state index in [1.54, 1.807) is 18.2 Å². The lowest BCUT2D eigenvalue weighted by atomic mass is 10.2. The van der Waals surface area contributed by atoms with Crippen molar-refractivity contribution in [2.24, 2.45) is 0 Å². The number of anilines is 1. The first-order chi connectivity index (χ1) is 15.7. The molecule has 2 N–H and O–H groups in total. The van der Waals surface area contributed by atoms with Gasteiger partial charge in [-0.25, -0.2) is 9.97 Å². The third kappa shape index (κ3) is 3.24. The minimum Gasteiger partial charge on any atom is -0.448 e. The van der Waals surface area contributed by atoms with Gasteiger partial charge in [0.1, 0.15) is 23.5 Å². The SMILES string of the molecule is O=C(Cn1cnc2c(oc3ccccc32)c1=O)Nc1ccc(-c2n[nH]c(C3CC3)n2)cc1. The van der Waals surface area contributed by atoms with Crippen molar-refractivity contribution < 1.29 is 9.21 Å². The molecule has 1 aliphatic rings. The molecule has 0 radical (unpaired) electrons. The van der Waals surface area contributed by atoms with Gasteiger partial charge in [0.2, 0.25) is 11.5 Å². The van der Waals surface area contributed by atoms with Crippen LogP contribution >= 0.6 is 0 Å². The van der Waals surface area contributed by atoms with Crippen LogP contribution in [0.1, 0.15) is 24.6 Å². The average molecular weight is 426 g/mol. The first-order valence-electron chi connectivity index (χ1n) is 10.3. The second kappa shape index (κ2) is 7.16. The molecule has 0 atom stereocenters. The summed E-state index contributed by atoms with van der Waals surface area (Å²) in [6.07, 6.45) is 3.68. The Morgan fingerprint density at radius 3 is 2.78 bits per heavy atom. The molecule has 9 heteroatoms. The predicted molar refractivity (Wildman–Crippen MR) is 118 cm³/mol. The number of furan rings is 1. The van der Waals surface area contributed by atoms with Crippen molar-refractivity contribution >= 4 is 33.7 Å². The van der Waals surface area contributed by atoms with Gasteiger partial charge in [-0.3, -0.25) is 19.3 Å². The van der Waals surface area contributed by atoms with Crippen molar-refractivity contribution in [1.82, 2.24) is 24.7 Å². The van der Waals surface area contributed by atoms with E-state index >= 15 is 0 Å². The van der Waals surface area contributed by atoms with Crippen LogP contribution in [0.3, 0.4) is 0 Å². The fraction of sp³-hybridized carbons (Fsp3) is 0.174. The molecule has 3 aromatic heterocycles. The Bertz CT molecular complexity index is 1530. The summed E-state index contributed by atoms with van der Waals surface area (Å²) in [5.41, 5.74) is 2.31. The molecule has 0 spiro atoms. The van der Waals surface area contributed by atoms with Crippen LogP contribution in [0.25, 0.3) is 33.5 Å². The van der Waals surface area contributed by atoms with Crippen LogP contribution in [0.15, 0.2) is 64.1 Å². The molecule has 1 aliphatic carbocycles. The maximum atomic E-state index is 12.8. The number of rotatable bonds is 5. The Balaban J connectivity index is 1.18. The highest BCUT2D eigenvalue weighted by atomic mass is 16.3. The fourth-order valence-electron chi connectivity index (χ4n) is 3.73. The molecule has 1 fully saturated rings. The number of H-pyrrole nitrogens is 1. The van der Waals surface area contributed by atoms with Crippen molar-refractivity contribution in [2.45, 2.75) is 25.3 Å². The minimum absolute atomic E-state index is 0.142. The zero-order valence-electron chi connectivity index (χ0n) is 16.9. The van der Waals surface area contributed by atoms with Crippen LogP contribution in [0, 0.1) is 0 Å². The van der Waals surface area contributed by atoms with Crippen LogP contribution < -0.4 is 10.9 Å². The van der Waals surface area contributed by atoms with E-state index in [9.17, 15) is 9.59 Å². The number of nitrogens with one attached hydrogen (secondary N) is 2. The normalized spacial score (nSPS) is 13.6. The van der Waals surface area contributed by atoms with E-state index in [4.69, 9.17) is 4.42 Å². The number of para-hydroxylation sites is 1. The summed E-state index contributed by atoms with van der Waals surface area (Å²) in [6, 6.07) is 14.6. The average Bonchev–Trinajstić information content (AvgIpc) is 3.41. The van der Waals surface area contributed by atoms with Gasteiger partial charge in [-0.2, -0.15) is 5.10 Å². The molecule has 9 nitrogen and oxygen atoms in total. The minimum atomic E-state index is -0.396. The van der Waals surface area contributed by atoms with Crippen LogP contribution in [-0.4, -0.2) is 30.6 Å². The largest absolute Gasteiger partial charge is 0.448 e. The molecule has 5 aromatic rings. The molecule has 32 heavy (non-hydrogen) atoms. The number of hydrogen-bond acceptors (Lipinski definition) is 6. The van der Waals surface area contributed by atoms with Crippen molar-refractivity contribution in [3.8, 4) is 11.4 Å². The van der Waals surface area contributed by atoms with Gasteiger partial charge < -0.3 is 9.73 Å². The predicted octanol–water partition coefficient (Wildman–Crippen LogP) is 3.44. The Hall–Kier alpha value is -4.27. The van der Waals surface area contributed by atoms with E-state index < -0.39 is 5.56 Å². The van der Waals surface area contributed by atoms with Crippen molar-refractivity contribution in [1.29, 1.82) is 0 Å². The molecule has 3 heterocycles. The number of nitrogens with zero attached hydrogens (tertiary/aromatic N) is 4. The van der Waals surface area contributed by atoms with E-state index in [1.807, 2.05) is 30.3 Å². The van der Waals surface area contributed by atoms with E-state index in [1.165, 1.54) is 10.9 Å². The summed E-state index contributed by atoms with van der Waals surface area (Å²) in [4.78, 5) is 34.2. The van der Waals surface area contributed by atoms with E-state index in [0.717, 1.165) is 29.6 Å². The van der Waals surface area contributed by atoms with Gasteiger partial charge in [0.05, 0.1) is 6.33 Å². The van der Waals surface area contributed by atoms with Gasteiger partial charge in [-0.1, -0.05) is 12.1 Å². The quantitative estimate of drug-likeness (QED) is 0.444. The highest BCUT2D eigenvalue weighted by Crippen LogP contribution is 2.38. The maximum Gasteiger partial charge on any atom is 0.297 e. The zero-order valence-corrected chi connectivity index (χ0v) is 16.9. The lowest BCUT2D eigenvalue weighted by molar-refractivity contribution is -0.116. The smallest absolute Gasteiger partial charge is 0.297 e. The second-order valence-electron chi connectivity index (χ2n) is 7.90. The summed E-state index contributed by atoms with van der Waals surface area (Å²) in [7, 11) is 0. The summed E-state index contributed by atoms with van der Waals surface area (Å²) in [6.45, 7) is -0.174. The molecule has 0 unspecified atom stereocenters. The Labute approximate surface area is 181 Å². The van der Waals surface area contributed by atoms with Gasteiger partial charge in [0.25, 0.3) is 5.56 Å². The maximum absolute atomic E-state index is 12.8. The molecule has 6 rings (SSSR count). The molecule has 1 saturated carbocycles. The van der Waals surface area contributed by atoms with Crippen LogP contribution in [0.4, 0.5) is 5.69 Å². The summed E-state index contributed by atoms with van der Waals surface area (Å²) < 4.78 is 6.89. The lowest BCUT2D eigenvalue weighted by Gasteiger charge is -2.07. The summed E-state index contributed by atoms with van der Waals surface area (Å²) in [5, 5.41) is 10.8. The van der Waals surface area contributed by atoms with Crippen molar-refractivity contribution in [3.05, 3.63) is 71.0 Å². The zero-order chi connectivity index (χ0) is 21.7. The number of carbonyl (C=O) groups excluding carboxylic acids is 1. The number of aromatic nitrogens is 5. The number of aromatic amines is 1. The standard InChI is InChI=1S/C23H18N6O3/c30-18(11-29-12-24-19-16-3-1-2-4-17(16)32-20(19)23(29)31)25-15-9-7-14(8-10-15)22-26-21(27-28-22)13-5-6-13/h1-4,7-10,12-13H,5-6,11H2,(H,25,30)(H,26,27,28). The van der Waals surface area contributed by atoms with Gasteiger partial charge in [0.15, 0.2) is 5.82 Å². The number of carbonyl (C=O) groups is 1. The van der Waals surface area contributed by atoms with Crippen LogP contribution in [0.2, 0.25) is 0 Å². The van der Waals surface area contributed by atoms with Gasteiger partial charge in [-0.05, 0) is 49.2 Å². The number of amides is 1. The lowest BCUT2D eigenvalue weighted by Crippen LogP contribution is -2.27. The van der Waals surface area contributed by atoms with Crippen LogP contribution in [-0.2, 0) is 11.3 Å². The molecule has 2 aromatic carbocycles. The third-order valence-corrected chi connectivity index (χ3v) is 5.56. The molecule has 158 valence electrons. The number of hydrogen-bond donors (Lipinski definition) is 2. The Kier molecular flexibility index (Phi) is 4.14. The van der Waals surface area contributed by atoms with E-state index in [2.05, 4.69) is 25.5 Å². The second-order valence-corrected chi connectivity index (χ2v) is 7.90. The summed E-state index contributed by atoms with van der Waals surface area (Å²) >= 11 is 0. The monoisotopic (exact) mass is 426 g/mol. The van der Waals surface area contributed by atoms with E-state index in [0.29, 0.717) is 28.5 Å². The molecule has 0 saturated heterocycles. The first kappa shape index (κ1) is 18.5. The van der Waals surface area contributed by atoms with Crippen LogP contribution in [0.5, 0.6) is 0 Å². The molecule has 1 amide bonds. The highest BCUT2D eigenvalue weighted by Gasteiger charge is 2.27. The first-order valence-corrected chi connectivity index (χ1v) is 10.3. The molecular formula is C23H18N6O3. The van der Waals surface area contributed by atoms with Gasteiger partial charge >= 0.3 is 0 Å². The third-order valence-electron chi connectivity index (χ3n) is 5.56.